The second-order valence-corrected chi connectivity index (χ2v) is 6.08. The molecule has 1 aliphatic heterocycles. The molecule has 0 bridgehead atoms. The van der Waals surface area contributed by atoms with Gasteiger partial charge in [-0.2, -0.15) is 12.6 Å². The van der Waals surface area contributed by atoms with Gasteiger partial charge in [-0.05, 0) is 55.9 Å². The van der Waals surface area contributed by atoms with Crippen molar-refractivity contribution < 1.29 is 0 Å². The number of hydrogen-bond donors (Lipinski definition) is 1. The Hall–Kier alpha value is -0.630. The van der Waals surface area contributed by atoms with Crippen LogP contribution in [-0.2, 0) is 6.42 Å². The number of thiol groups is 1. The van der Waals surface area contributed by atoms with Crippen molar-refractivity contribution in [2.75, 3.05) is 23.7 Å². The molecule has 100 valence electrons. The van der Waals surface area contributed by atoms with Crippen LogP contribution in [0.1, 0.15) is 37.3 Å². The minimum Gasteiger partial charge on any atom is -0.371 e. The lowest BCUT2D eigenvalue weighted by Gasteiger charge is -2.32. The number of nitrogens with zero attached hydrogens (tertiary/aromatic N) is 1. The first-order chi connectivity index (χ1) is 8.70. The molecular weight excluding hydrogens is 238 g/mol. The molecule has 18 heavy (non-hydrogen) atoms. The maximum atomic E-state index is 4.32. The van der Waals surface area contributed by atoms with Crippen LogP contribution in [0, 0.1) is 12.8 Å². The maximum Gasteiger partial charge on any atom is 0.0398 e. The van der Waals surface area contributed by atoms with Gasteiger partial charge in [0.25, 0.3) is 0 Å². The van der Waals surface area contributed by atoms with Crippen LogP contribution in [0.4, 0.5) is 5.69 Å². The van der Waals surface area contributed by atoms with Crippen LogP contribution in [-0.4, -0.2) is 18.8 Å². The first-order valence-corrected chi connectivity index (χ1v) is 7.79. The SMILES string of the molecule is Cc1ccc2c(c1)CCCN2CCC(C)CCS. The molecule has 2 heteroatoms. The van der Waals surface area contributed by atoms with E-state index in [9.17, 15) is 0 Å². The van der Waals surface area contributed by atoms with Crippen LogP contribution >= 0.6 is 12.6 Å². The van der Waals surface area contributed by atoms with Crippen LogP contribution in [0.25, 0.3) is 0 Å². The van der Waals surface area contributed by atoms with Gasteiger partial charge in [0.05, 0.1) is 0 Å². The molecule has 0 aromatic heterocycles. The summed E-state index contributed by atoms with van der Waals surface area (Å²) >= 11 is 4.32. The molecule has 2 rings (SSSR count). The number of hydrogen-bond acceptors (Lipinski definition) is 2. The normalized spacial score (nSPS) is 16.5. The molecule has 0 saturated carbocycles. The highest BCUT2D eigenvalue weighted by atomic mass is 32.1. The van der Waals surface area contributed by atoms with Gasteiger partial charge >= 0.3 is 0 Å². The van der Waals surface area contributed by atoms with Crippen LogP contribution < -0.4 is 4.90 Å². The summed E-state index contributed by atoms with van der Waals surface area (Å²) in [5.41, 5.74) is 4.41. The number of aryl methyl sites for hydroxylation is 2. The smallest absolute Gasteiger partial charge is 0.0398 e. The third-order valence-electron chi connectivity index (χ3n) is 3.96. The lowest BCUT2D eigenvalue weighted by molar-refractivity contribution is 0.509. The number of benzene rings is 1. The van der Waals surface area contributed by atoms with Gasteiger partial charge in [-0.25, -0.2) is 0 Å². The van der Waals surface area contributed by atoms with E-state index >= 15 is 0 Å². The fourth-order valence-electron chi connectivity index (χ4n) is 2.78. The summed E-state index contributed by atoms with van der Waals surface area (Å²) in [5, 5.41) is 0. The standard InChI is InChI=1S/C16H25NS/c1-13(8-11-18)7-10-17-9-3-4-15-12-14(2)5-6-16(15)17/h5-6,12-13,18H,3-4,7-11H2,1-2H3. The van der Waals surface area contributed by atoms with Crippen molar-refractivity contribution in [2.45, 2.75) is 39.5 Å². The quantitative estimate of drug-likeness (QED) is 0.783. The zero-order chi connectivity index (χ0) is 13.0. The third kappa shape index (κ3) is 3.44. The molecule has 0 spiro atoms. The highest BCUT2D eigenvalue weighted by Crippen LogP contribution is 2.28. The van der Waals surface area contributed by atoms with Gasteiger partial charge in [0.2, 0.25) is 0 Å². The minimum atomic E-state index is 0.790. The summed E-state index contributed by atoms with van der Waals surface area (Å²) in [6.45, 7) is 6.96. The molecule has 0 aliphatic carbocycles. The molecule has 1 aliphatic rings. The highest BCUT2D eigenvalue weighted by molar-refractivity contribution is 7.80. The molecule has 0 amide bonds. The van der Waals surface area contributed by atoms with Gasteiger partial charge in [0.15, 0.2) is 0 Å². The predicted molar refractivity (Wildman–Crippen MR) is 84.0 cm³/mol. The topological polar surface area (TPSA) is 3.24 Å². The highest BCUT2D eigenvalue weighted by Gasteiger charge is 2.16. The van der Waals surface area contributed by atoms with Crippen LogP contribution in [0.3, 0.4) is 0 Å². The van der Waals surface area contributed by atoms with Gasteiger partial charge in [-0.1, -0.05) is 24.6 Å². The van der Waals surface area contributed by atoms with E-state index in [1.54, 1.807) is 5.56 Å². The first-order valence-electron chi connectivity index (χ1n) is 7.16. The van der Waals surface area contributed by atoms with E-state index < -0.39 is 0 Å². The molecule has 0 saturated heterocycles. The monoisotopic (exact) mass is 263 g/mol. The van der Waals surface area contributed by atoms with E-state index in [2.05, 4.69) is 49.6 Å². The van der Waals surface area contributed by atoms with Crippen molar-refractivity contribution in [1.82, 2.24) is 0 Å². The Morgan fingerprint density at radius 2 is 2.17 bits per heavy atom. The second-order valence-electron chi connectivity index (χ2n) is 5.63. The van der Waals surface area contributed by atoms with Crippen molar-refractivity contribution >= 4 is 18.3 Å². The molecule has 0 fully saturated rings. The van der Waals surface area contributed by atoms with E-state index in [1.807, 2.05) is 0 Å². The Bertz CT molecular complexity index is 389. The molecule has 0 radical (unpaired) electrons. The second kappa shape index (κ2) is 6.51. The van der Waals surface area contributed by atoms with Crippen molar-refractivity contribution in [3.63, 3.8) is 0 Å². The number of fused-ring (bicyclic) bond motifs is 1. The van der Waals surface area contributed by atoms with Crippen molar-refractivity contribution in [1.29, 1.82) is 0 Å². The van der Waals surface area contributed by atoms with Crippen LogP contribution in [0.5, 0.6) is 0 Å². The van der Waals surface area contributed by atoms with E-state index in [1.165, 1.54) is 50.0 Å². The Morgan fingerprint density at radius 1 is 1.33 bits per heavy atom. The van der Waals surface area contributed by atoms with Crippen LogP contribution in [0.15, 0.2) is 18.2 Å². The molecule has 0 N–H and O–H groups in total. The Kier molecular flexibility index (Phi) is 4.99. The van der Waals surface area contributed by atoms with Gasteiger partial charge in [-0.3, -0.25) is 0 Å². The van der Waals surface area contributed by atoms with Crippen molar-refractivity contribution in [2.24, 2.45) is 5.92 Å². The summed E-state index contributed by atoms with van der Waals surface area (Å²) in [7, 11) is 0. The molecule has 1 nitrogen and oxygen atoms in total. The molecule has 1 heterocycles. The summed E-state index contributed by atoms with van der Waals surface area (Å²) < 4.78 is 0. The lowest BCUT2D eigenvalue weighted by Crippen LogP contribution is -2.31. The fraction of sp³-hybridized carbons (Fsp3) is 0.625. The van der Waals surface area contributed by atoms with E-state index in [-0.39, 0.29) is 0 Å². The Balaban J connectivity index is 1.99. The van der Waals surface area contributed by atoms with E-state index in [0.717, 1.165) is 11.7 Å². The average Bonchev–Trinajstić information content (AvgIpc) is 2.36. The minimum absolute atomic E-state index is 0.790. The summed E-state index contributed by atoms with van der Waals surface area (Å²) in [4.78, 5) is 2.58. The lowest BCUT2D eigenvalue weighted by atomic mass is 9.98. The van der Waals surface area contributed by atoms with Crippen LogP contribution in [0.2, 0.25) is 0 Å². The Morgan fingerprint density at radius 3 is 2.94 bits per heavy atom. The van der Waals surface area contributed by atoms with Gasteiger partial charge in [0.1, 0.15) is 0 Å². The molecular formula is C16H25NS. The van der Waals surface area contributed by atoms with E-state index in [4.69, 9.17) is 0 Å². The summed E-state index contributed by atoms with van der Waals surface area (Å²) in [5.74, 6) is 1.80. The zero-order valence-corrected chi connectivity index (χ0v) is 12.5. The largest absolute Gasteiger partial charge is 0.371 e. The summed E-state index contributed by atoms with van der Waals surface area (Å²) in [6, 6.07) is 6.92. The van der Waals surface area contributed by atoms with Gasteiger partial charge < -0.3 is 4.90 Å². The molecule has 1 unspecified atom stereocenters. The van der Waals surface area contributed by atoms with Crippen molar-refractivity contribution in [3.8, 4) is 0 Å². The average molecular weight is 263 g/mol. The fourth-order valence-corrected chi connectivity index (χ4v) is 3.22. The first kappa shape index (κ1) is 13.8. The predicted octanol–water partition coefficient (Wildman–Crippen LogP) is 4.09. The van der Waals surface area contributed by atoms with E-state index in [0.29, 0.717) is 0 Å². The van der Waals surface area contributed by atoms with Gasteiger partial charge in [-0.15, -0.1) is 0 Å². The van der Waals surface area contributed by atoms with Gasteiger partial charge in [0, 0.05) is 18.8 Å². The summed E-state index contributed by atoms with van der Waals surface area (Å²) in [6.07, 6.45) is 5.07. The maximum absolute atomic E-state index is 4.32. The number of anilines is 1. The third-order valence-corrected chi connectivity index (χ3v) is 4.22. The Labute approximate surface area is 117 Å². The van der Waals surface area contributed by atoms with Crippen molar-refractivity contribution in [3.05, 3.63) is 29.3 Å². The zero-order valence-electron chi connectivity index (χ0n) is 11.7. The number of rotatable bonds is 5. The molecule has 1 aromatic rings. The molecule has 1 atom stereocenters. The molecule has 1 aromatic carbocycles.